The molecule has 8 heteroatoms. The van der Waals surface area contributed by atoms with E-state index in [0.29, 0.717) is 28.4 Å². The monoisotopic (exact) mass is 474 g/mol. The van der Waals surface area contributed by atoms with Gasteiger partial charge in [0.15, 0.2) is 12.4 Å². The molecule has 0 aromatic heterocycles. The predicted octanol–water partition coefficient (Wildman–Crippen LogP) is 4.97. The lowest BCUT2D eigenvalue weighted by molar-refractivity contribution is -0.147. The Morgan fingerprint density at radius 1 is 0.714 bits per heavy atom. The van der Waals surface area contributed by atoms with Crippen molar-refractivity contribution in [3.63, 3.8) is 0 Å². The summed E-state index contributed by atoms with van der Waals surface area (Å²) in [5.41, 5.74) is 1.56. The first-order valence-electron chi connectivity index (χ1n) is 11.1. The molecule has 0 aliphatic heterocycles. The molecule has 0 spiro atoms. The minimum absolute atomic E-state index is 0.000290. The highest BCUT2D eigenvalue weighted by Crippen LogP contribution is 2.22. The molecule has 0 saturated carbocycles. The number of amides is 2. The first-order valence-corrected chi connectivity index (χ1v) is 11.1. The zero-order chi connectivity index (χ0) is 25.0. The standard InChI is InChI=1S/C27H26N2O6/c1-19(30)20-7-5-8-22(17-20)29-25(31)11-6-12-27(33)34-18-26(32)28-21-13-15-24(16-14-21)35-23-9-3-2-4-10-23/h2-5,7-10,13-17H,6,11-12,18H2,1H3,(H,28,32)(H,29,31). The Kier molecular flexibility index (Phi) is 9.13. The summed E-state index contributed by atoms with van der Waals surface area (Å²) in [5, 5.41) is 5.33. The second-order valence-electron chi connectivity index (χ2n) is 7.69. The van der Waals surface area contributed by atoms with Crippen molar-refractivity contribution in [2.24, 2.45) is 0 Å². The second-order valence-corrected chi connectivity index (χ2v) is 7.69. The third kappa shape index (κ3) is 8.77. The third-order valence-electron chi connectivity index (χ3n) is 4.82. The van der Waals surface area contributed by atoms with Crippen LogP contribution >= 0.6 is 0 Å². The number of nitrogens with one attached hydrogen (secondary N) is 2. The van der Waals surface area contributed by atoms with Crippen molar-refractivity contribution in [2.45, 2.75) is 26.2 Å². The number of rotatable bonds is 11. The summed E-state index contributed by atoms with van der Waals surface area (Å²) in [7, 11) is 0. The maximum atomic E-state index is 12.0. The van der Waals surface area contributed by atoms with Crippen LogP contribution in [0.3, 0.4) is 0 Å². The van der Waals surface area contributed by atoms with Crippen molar-refractivity contribution >= 4 is 34.9 Å². The van der Waals surface area contributed by atoms with E-state index in [2.05, 4.69) is 10.6 Å². The third-order valence-corrected chi connectivity index (χ3v) is 4.82. The minimum atomic E-state index is -0.571. The molecule has 0 unspecified atom stereocenters. The first-order chi connectivity index (χ1) is 16.9. The lowest BCUT2D eigenvalue weighted by Gasteiger charge is -2.09. The molecule has 180 valence electrons. The number of hydrogen-bond acceptors (Lipinski definition) is 6. The molecule has 35 heavy (non-hydrogen) atoms. The maximum absolute atomic E-state index is 12.0. The summed E-state index contributed by atoms with van der Waals surface area (Å²) in [5.74, 6) is -0.0960. The van der Waals surface area contributed by atoms with Gasteiger partial charge in [0.25, 0.3) is 5.91 Å². The summed E-state index contributed by atoms with van der Waals surface area (Å²) in [6.45, 7) is 1.02. The highest BCUT2D eigenvalue weighted by molar-refractivity contribution is 5.97. The molecule has 0 atom stereocenters. The van der Waals surface area contributed by atoms with Gasteiger partial charge in [0, 0.05) is 29.8 Å². The van der Waals surface area contributed by atoms with Gasteiger partial charge in [-0.25, -0.2) is 0 Å². The smallest absolute Gasteiger partial charge is 0.306 e. The zero-order valence-electron chi connectivity index (χ0n) is 19.3. The topological polar surface area (TPSA) is 111 Å². The molecule has 3 aromatic rings. The van der Waals surface area contributed by atoms with Gasteiger partial charge in [-0.15, -0.1) is 0 Å². The van der Waals surface area contributed by atoms with Crippen LogP contribution in [0.25, 0.3) is 0 Å². The summed E-state index contributed by atoms with van der Waals surface area (Å²) < 4.78 is 10.7. The van der Waals surface area contributed by atoms with Crippen molar-refractivity contribution < 1.29 is 28.7 Å². The van der Waals surface area contributed by atoms with Crippen molar-refractivity contribution in [1.29, 1.82) is 0 Å². The summed E-state index contributed by atoms with van der Waals surface area (Å²) in [6, 6.07) is 22.7. The van der Waals surface area contributed by atoms with Crippen LogP contribution in [0, 0.1) is 0 Å². The number of anilines is 2. The van der Waals surface area contributed by atoms with E-state index in [0.717, 1.165) is 0 Å². The Morgan fingerprint density at radius 3 is 2.11 bits per heavy atom. The lowest BCUT2D eigenvalue weighted by Crippen LogP contribution is -2.21. The van der Waals surface area contributed by atoms with Gasteiger partial charge in [-0.2, -0.15) is 0 Å². The van der Waals surface area contributed by atoms with Crippen LogP contribution < -0.4 is 15.4 Å². The molecule has 2 amide bonds. The first kappa shape index (κ1) is 25.2. The van der Waals surface area contributed by atoms with Gasteiger partial charge in [0.2, 0.25) is 5.91 Å². The number of hydrogen-bond donors (Lipinski definition) is 2. The molecule has 0 saturated heterocycles. The average molecular weight is 475 g/mol. The molecule has 0 fully saturated rings. The fourth-order valence-corrected chi connectivity index (χ4v) is 3.08. The molecule has 0 heterocycles. The van der Waals surface area contributed by atoms with Crippen LogP contribution in [0.4, 0.5) is 11.4 Å². The van der Waals surface area contributed by atoms with Crippen molar-refractivity contribution in [2.75, 3.05) is 17.2 Å². The number of Topliss-reactive ketones (excluding diaryl/α,β-unsaturated/α-hetero) is 1. The van der Waals surface area contributed by atoms with E-state index in [-0.39, 0.29) is 31.0 Å². The molecular formula is C27H26N2O6. The summed E-state index contributed by atoms with van der Waals surface area (Å²) >= 11 is 0. The Labute approximate surface area is 203 Å². The summed E-state index contributed by atoms with van der Waals surface area (Å²) in [6.07, 6.45) is 0.365. The predicted molar refractivity (Wildman–Crippen MR) is 131 cm³/mol. The number of para-hydroxylation sites is 1. The van der Waals surface area contributed by atoms with E-state index < -0.39 is 18.5 Å². The van der Waals surface area contributed by atoms with Crippen LogP contribution in [0.15, 0.2) is 78.9 Å². The molecule has 8 nitrogen and oxygen atoms in total. The highest BCUT2D eigenvalue weighted by Gasteiger charge is 2.10. The number of carbonyl (C=O) groups is 4. The van der Waals surface area contributed by atoms with Gasteiger partial charge in [-0.1, -0.05) is 30.3 Å². The van der Waals surface area contributed by atoms with E-state index in [1.807, 2.05) is 30.3 Å². The van der Waals surface area contributed by atoms with Gasteiger partial charge in [0.1, 0.15) is 11.5 Å². The molecule has 0 bridgehead atoms. The molecular weight excluding hydrogens is 448 g/mol. The average Bonchev–Trinajstić information content (AvgIpc) is 2.85. The fourth-order valence-electron chi connectivity index (χ4n) is 3.08. The van der Waals surface area contributed by atoms with Gasteiger partial charge in [0.05, 0.1) is 0 Å². The number of ether oxygens (including phenoxy) is 2. The Morgan fingerprint density at radius 2 is 1.40 bits per heavy atom. The minimum Gasteiger partial charge on any atom is -0.457 e. The quantitative estimate of drug-likeness (QED) is 0.300. The molecule has 3 rings (SSSR count). The Bertz CT molecular complexity index is 1180. The number of esters is 1. The van der Waals surface area contributed by atoms with Crippen LogP contribution in [0.5, 0.6) is 11.5 Å². The van der Waals surface area contributed by atoms with Gasteiger partial charge < -0.3 is 20.1 Å². The van der Waals surface area contributed by atoms with E-state index >= 15 is 0 Å². The van der Waals surface area contributed by atoms with Crippen LogP contribution in [0.2, 0.25) is 0 Å². The molecule has 0 aliphatic rings. The van der Waals surface area contributed by atoms with Gasteiger partial charge >= 0.3 is 5.97 Å². The Balaban J connectivity index is 1.33. The van der Waals surface area contributed by atoms with Crippen LogP contribution in [0.1, 0.15) is 36.5 Å². The largest absolute Gasteiger partial charge is 0.457 e. The molecule has 2 N–H and O–H groups in total. The van der Waals surface area contributed by atoms with Crippen LogP contribution in [-0.4, -0.2) is 30.2 Å². The van der Waals surface area contributed by atoms with E-state index in [1.165, 1.54) is 6.92 Å². The number of ketones is 1. The zero-order valence-corrected chi connectivity index (χ0v) is 19.3. The SMILES string of the molecule is CC(=O)c1cccc(NC(=O)CCCC(=O)OCC(=O)Nc2ccc(Oc3ccccc3)cc2)c1. The van der Waals surface area contributed by atoms with Gasteiger partial charge in [-0.3, -0.25) is 19.2 Å². The van der Waals surface area contributed by atoms with Crippen molar-refractivity contribution in [1.82, 2.24) is 0 Å². The molecule has 3 aromatic carbocycles. The van der Waals surface area contributed by atoms with E-state index in [9.17, 15) is 19.2 Å². The fraction of sp³-hybridized carbons (Fsp3) is 0.185. The normalized spacial score (nSPS) is 10.2. The Hall–Kier alpha value is -4.46. The van der Waals surface area contributed by atoms with Crippen molar-refractivity contribution in [3.05, 3.63) is 84.4 Å². The summed E-state index contributed by atoms with van der Waals surface area (Å²) in [4.78, 5) is 47.4. The molecule has 0 radical (unpaired) electrons. The highest BCUT2D eigenvalue weighted by atomic mass is 16.5. The van der Waals surface area contributed by atoms with Crippen LogP contribution in [-0.2, 0) is 19.1 Å². The molecule has 0 aliphatic carbocycles. The number of benzene rings is 3. The van der Waals surface area contributed by atoms with Crippen molar-refractivity contribution in [3.8, 4) is 11.5 Å². The maximum Gasteiger partial charge on any atom is 0.306 e. The van der Waals surface area contributed by atoms with E-state index in [4.69, 9.17) is 9.47 Å². The number of carbonyl (C=O) groups excluding carboxylic acids is 4. The lowest BCUT2D eigenvalue weighted by atomic mass is 10.1. The van der Waals surface area contributed by atoms with E-state index in [1.54, 1.807) is 48.5 Å². The van der Waals surface area contributed by atoms with Gasteiger partial charge in [-0.05, 0) is 61.9 Å². The second kappa shape index (κ2) is 12.7.